The lowest BCUT2D eigenvalue weighted by molar-refractivity contribution is -0.141. The molecular formula is C21H41NO3. The van der Waals surface area contributed by atoms with Crippen LogP contribution in [-0.4, -0.2) is 23.0 Å². The number of carbonyl (C=O) groups is 2. The van der Waals surface area contributed by atoms with E-state index in [1.54, 1.807) is 0 Å². The summed E-state index contributed by atoms with van der Waals surface area (Å²) in [5.74, 6) is -0.283. The van der Waals surface area contributed by atoms with Crippen LogP contribution in [0.2, 0.25) is 0 Å². The number of carbonyl (C=O) groups excluding carboxylic acids is 1. The van der Waals surface area contributed by atoms with E-state index in [2.05, 4.69) is 19.2 Å². The Hall–Kier alpha value is -1.06. The van der Waals surface area contributed by atoms with Gasteiger partial charge in [-0.1, -0.05) is 90.9 Å². The second-order valence-electron chi connectivity index (χ2n) is 7.80. The van der Waals surface area contributed by atoms with E-state index in [0.717, 1.165) is 18.8 Å². The van der Waals surface area contributed by atoms with E-state index in [1.165, 1.54) is 77.6 Å². The van der Waals surface area contributed by atoms with Crippen molar-refractivity contribution in [1.82, 2.24) is 5.32 Å². The van der Waals surface area contributed by atoms with Crippen molar-refractivity contribution in [2.24, 2.45) is 5.92 Å². The Balaban J connectivity index is 3.21. The summed E-state index contributed by atoms with van der Waals surface area (Å²) in [6.07, 6.45) is 17.1. The maximum atomic E-state index is 11.5. The molecule has 0 bridgehead atoms. The minimum absolute atomic E-state index is 0.150. The number of amides is 1. The summed E-state index contributed by atoms with van der Waals surface area (Å²) in [5.41, 5.74) is 0. The van der Waals surface area contributed by atoms with Crippen LogP contribution in [0.3, 0.4) is 0 Å². The molecule has 0 aliphatic rings. The number of nitrogens with one attached hydrogen (secondary N) is 1. The van der Waals surface area contributed by atoms with Crippen LogP contribution in [0.15, 0.2) is 0 Å². The maximum absolute atomic E-state index is 11.5. The largest absolute Gasteiger partial charge is 0.480 e. The molecule has 0 fully saturated rings. The van der Waals surface area contributed by atoms with E-state index < -0.39 is 12.0 Å². The molecule has 0 radical (unpaired) electrons. The monoisotopic (exact) mass is 355 g/mol. The van der Waals surface area contributed by atoms with Gasteiger partial charge in [0.25, 0.3) is 0 Å². The van der Waals surface area contributed by atoms with Crippen LogP contribution in [0.4, 0.5) is 0 Å². The Morgan fingerprint density at radius 1 is 0.720 bits per heavy atom. The lowest BCUT2D eigenvalue weighted by Crippen LogP contribution is -2.38. The van der Waals surface area contributed by atoms with Gasteiger partial charge in [-0.25, -0.2) is 0 Å². The van der Waals surface area contributed by atoms with Gasteiger partial charge in [-0.05, 0) is 19.3 Å². The Morgan fingerprint density at radius 2 is 1.12 bits per heavy atom. The summed E-state index contributed by atoms with van der Waals surface area (Å²) in [7, 11) is 0. The zero-order valence-corrected chi connectivity index (χ0v) is 16.8. The van der Waals surface area contributed by atoms with Gasteiger partial charge in [-0.2, -0.15) is 0 Å². The molecule has 0 aromatic rings. The minimum Gasteiger partial charge on any atom is -0.480 e. The molecule has 0 aliphatic carbocycles. The second kappa shape index (κ2) is 16.4. The van der Waals surface area contributed by atoms with E-state index in [-0.39, 0.29) is 5.91 Å². The predicted molar refractivity (Wildman–Crippen MR) is 105 cm³/mol. The first kappa shape index (κ1) is 23.9. The molecule has 0 unspecified atom stereocenters. The molecule has 148 valence electrons. The predicted octanol–water partition coefficient (Wildman–Crippen LogP) is 5.69. The van der Waals surface area contributed by atoms with Crippen LogP contribution in [0.25, 0.3) is 0 Å². The van der Waals surface area contributed by atoms with Crippen LogP contribution in [0.5, 0.6) is 0 Å². The summed E-state index contributed by atoms with van der Waals surface area (Å²) in [6.45, 7) is 6.09. The summed E-state index contributed by atoms with van der Waals surface area (Å²) in [4.78, 5) is 22.2. The van der Waals surface area contributed by atoms with E-state index in [1.807, 2.05) is 0 Å². The van der Waals surface area contributed by atoms with Crippen molar-refractivity contribution >= 4 is 11.9 Å². The van der Waals surface area contributed by atoms with Gasteiger partial charge in [0.15, 0.2) is 0 Å². The van der Waals surface area contributed by atoms with Gasteiger partial charge in [0.2, 0.25) is 5.91 Å². The molecule has 25 heavy (non-hydrogen) atoms. The highest BCUT2D eigenvalue weighted by molar-refractivity contribution is 5.83. The number of hydrogen-bond acceptors (Lipinski definition) is 2. The highest BCUT2D eigenvalue weighted by Crippen LogP contribution is 2.14. The highest BCUT2D eigenvalue weighted by Gasteiger charge is 2.12. The summed E-state index contributed by atoms with van der Waals surface area (Å²) in [5, 5.41) is 11.2. The van der Waals surface area contributed by atoms with Crippen LogP contribution in [0.1, 0.15) is 111 Å². The third kappa shape index (κ3) is 17.6. The van der Waals surface area contributed by atoms with Crippen LogP contribution in [0, 0.1) is 5.92 Å². The number of rotatable bonds is 17. The van der Waals surface area contributed by atoms with Crippen molar-refractivity contribution in [3.63, 3.8) is 0 Å². The SMILES string of the molecule is CC(C)CCCCCCCCCCCCCCC(=O)N[C@@H](C)C(=O)O. The van der Waals surface area contributed by atoms with Crippen molar-refractivity contribution in [1.29, 1.82) is 0 Å². The van der Waals surface area contributed by atoms with Gasteiger partial charge < -0.3 is 10.4 Å². The number of hydrogen-bond donors (Lipinski definition) is 2. The van der Waals surface area contributed by atoms with Crippen molar-refractivity contribution < 1.29 is 14.7 Å². The standard InChI is InChI=1S/C21H41NO3/c1-18(2)16-14-12-10-8-6-4-5-7-9-11-13-15-17-20(23)22-19(3)21(24)25/h18-19H,4-17H2,1-3H3,(H,22,23)(H,24,25)/t19-/m0/s1. The van der Waals surface area contributed by atoms with E-state index in [4.69, 9.17) is 5.11 Å². The molecule has 1 amide bonds. The molecule has 0 spiro atoms. The van der Waals surface area contributed by atoms with E-state index >= 15 is 0 Å². The highest BCUT2D eigenvalue weighted by atomic mass is 16.4. The average molecular weight is 356 g/mol. The molecule has 0 heterocycles. The van der Waals surface area contributed by atoms with Gasteiger partial charge in [0.1, 0.15) is 6.04 Å². The minimum atomic E-state index is -0.982. The van der Waals surface area contributed by atoms with Crippen LogP contribution < -0.4 is 5.32 Å². The Kier molecular flexibility index (Phi) is 15.7. The van der Waals surface area contributed by atoms with Gasteiger partial charge >= 0.3 is 5.97 Å². The lowest BCUT2D eigenvalue weighted by atomic mass is 10.0. The smallest absolute Gasteiger partial charge is 0.325 e. The van der Waals surface area contributed by atoms with Crippen molar-refractivity contribution in [2.75, 3.05) is 0 Å². The lowest BCUT2D eigenvalue weighted by Gasteiger charge is -2.08. The molecule has 1 atom stereocenters. The number of unbranched alkanes of at least 4 members (excludes halogenated alkanes) is 11. The topological polar surface area (TPSA) is 66.4 Å². The summed E-state index contributed by atoms with van der Waals surface area (Å²) < 4.78 is 0. The van der Waals surface area contributed by atoms with E-state index in [0.29, 0.717) is 6.42 Å². The molecular weight excluding hydrogens is 314 g/mol. The Labute approximate surface area is 155 Å². The molecule has 4 nitrogen and oxygen atoms in total. The van der Waals surface area contributed by atoms with Crippen LogP contribution in [-0.2, 0) is 9.59 Å². The molecule has 0 saturated heterocycles. The molecule has 0 aliphatic heterocycles. The number of carboxylic acids is 1. The quantitative estimate of drug-likeness (QED) is 0.329. The Morgan fingerprint density at radius 3 is 1.52 bits per heavy atom. The first-order valence-electron chi connectivity index (χ1n) is 10.5. The normalized spacial score (nSPS) is 12.3. The maximum Gasteiger partial charge on any atom is 0.325 e. The Bertz CT molecular complexity index is 342. The van der Waals surface area contributed by atoms with E-state index in [9.17, 15) is 9.59 Å². The third-order valence-corrected chi connectivity index (χ3v) is 4.68. The number of carboxylic acid groups (broad SMARTS) is 1. The molecule has 2 N–H and O–H groups in total. The van der Waals surface area contributed by atoms with Gasteiger partial charge in [-0.3, -0.25) is 9.59 Å². The fourth-order valence-electron chi connectivity index (χ4n) is 2.98. The van der Waals surface area contributed by atoms with Crippen molar-refractivity contribution in [2.45, 2.75) is 117 Å². The third-order valence-electron chi connectivity index (χ3n) is 4.68. The molecule has 0 aromatic heterocycles. The molecule has 0 saturated carbocycles. The number of aliphatic carboxylic acids is 1. The fraction of sp³-hybridized carbons (Fsp3) is 0.905. The fourth-order valence-corrected chi connectivity index (χ4v) is 2.98. The molecule has 0 rings (SSSR count). The zero-order chi connectivity index (χ0) is 18.9. The summed E-state index contributed by atoms with van der Waals surface area (Å²) in [6, 6.07) is -0.789. The van der Waals surface area contributed by atoms with Gasteiger partial charge in [-0.15, -0.1) is 0 Å². The summed E-state index contributed by atoms with van der Waals surface area (Å²) >= 11 is 0. The zero-order valence-electron chi connectivity index (χ0n) is 16.8. The molecule has 0 aromatic carbocycles. The van der Waals surface area contributed by atoms with Crippen molar-refractivity contribution in [3.05, 3.63) is 0 Å². The van der Waals surface area contributed by atoms with Gasteiger partial charge in [0, 0.05) is 6.42 Å². The average Bonchev–Trinajstić information content (AvgIpc) is 2.54. The van der Waals surface area contributed by atoms with Crippen molar-refractivity contribution in [3.8, 4) is 0 Å². The van der Waals surface area contributed by atoms with Gasteiger partial charge in [0.05, 0.1) is 0 Å². The first-order chi connectivity index (χ1) is 11.9. The second-order valence-corrected chi connectivity index (χ2v) is 7.80. The first-order valence-corrected chi connectivity index (χ1v) is 10.5. The van der Waals surface area contributed by atoms with Crippen LogP contribution >= 0.6 is 0 Å². The molecule has 4 heteroatoms.